The van der Waals surface area contributed by atoms with Crippen LogP contribution >= 0.6 is 11.6 Å². The topological polar surface area (TPSA) is 81.8 Å². The first-order valence-electron chi connectivity index (χ1n) is 9.36. The lowest BCUT2D eigenvalue weighted by molar-refractivity contribution is -0.117. The van der Waals surface area contributed by atoms with Gasteiger partial charge in [-0.25, -0.2) is 0 Å². The summed E-state index contributed by atoms with van der Waals surface area (Å²) >= 11 is 6.12. The molecule has 3 rings (SSSR count). The van der Waals surface area contributed by atoms with Gasteiger partial charge < -0.3 is 15.5 Å². The Morgan fingerprint density at radius 3 is 2.07 bits per heavy atom. The van der Waals surface area contributed by atoms with Crippen molar-refractivity contribution in [3.63, 3.8) is 0 Å². The smallest absolute Gasteiger partial charge is 0.255 e. The summed E-state index contributed by atoms with van der Waals surface area (Å²) in [6.45, 7) is 4.01. The van der Waals surface area contributed by atoms with Gasteiger partial charge in [0.1, 0.15) is 0 Å². The highest BCUT2D eigenvalue weighted by molar-refractivity contribution is 6.33. The van der Waals surface area contributed by atoms with Gasteiger partial charge in [-0.05, 0) is 36.4 Å². The van der Waals surface area contributed by atoms with Gasteiger partial charge in [-0.1, -0.05) is 23.7 Å². The van der Waals surface area contributed by atoms with Gasteiger partial charge in [0.05, 0.1) is 17.1 Å². The van der Waals surface area contributed by atoms with Crippen molar-refractivity contribution in [2.75, 3.05) is 43.4 Å². The van der Waals surface area contributed by atoms with Gasteiger partial charge >= 0.3 is 0 Å². The lowest BCUT2D eigenvalue weighted by Crippen LogP contribution is -2.50. The Morgan fingerprint density at radius 1 is 0.897 bits per heavy atom. The zero-order chi connectivity index (χ0) is 20.8. The quantitative estimate of drug-likeness (QED) is 0.788. The van der Waals surface area contributed by atoms with Gasteiger partial charge in [0, 0.05) is 44.5 Å². The second-order valence-electron chi connectivity index (χ2n) is 6.85. The van der Waals surface area contributed by atoms with E-state index in [1.54, 1.807) is 53.4 Å². The van der Waals surface area contributed by atoms with Crippen molar-refractivity contribution >= 4 is 40.7 Å². The maximum Gasteiger partial charge on any atom is 0.255 e. The molecule has 0 unspecified atom stereocenters. The van der Waals surface area contributed by atoms with Gasteiger partial charge in [0.2, 0.25) is 11.8 Å². The van der Waals surface area contributed by atoms with Gasteiger partial charge in [-0.2, -0.15) is 0 Å². The number of anilines is 2. The number of halogens is 1. The van der Waals surface area contributed by atoms with Crippen LogP contribution in [-0.4, -0.2) is 60.2 Å². The molecule has 1 fully saturated rings. The summed E-state index contributed by atoms with van der Waals surface area (Å²) in [5.74, 6) is -0.351. The lowest BCUT2D eigenvalue weighted by atomic mass is 10.2. The first kappa shape index (κ1) is 20.8. The van der Waals surface area contributed by atoms with Crippen LogP contribution in [0, 0.1) is 0 Å². The summed E-state index contributed by atoms with van der Waals surface area (Å²) in [7, 11) is 0. The summed E-state index contributed by atoms with van der Waals surface area (Å²) in [6, 6.07) is 14.0. The molecule has 1 saturated heterocycles. The molecule has 8 heteroatoms. The van der Waals surface area contributed by atoms with E-state index >= 15 is 0 Å². The number of rotatable bonds is 5. The SMILES string of the molecule is CC(=O)Nc1ccc(NC(=O)CN2CCN(C(=O)c3ccccc3Cl)CC2)cc1. The van der Waals surface area contributed by atoms with E-state index in [1.165, 1.54) is 6.92 Å². The summed E-state index contributed by atoms with van der Waals surface area (Å²) in [5.41, 5.74) is 1.84. The Bertz CT molecular complexity index is 893. The van der Waals surface area contributed by atoms with Crippen LogP contribution in [0.3, 0.4) is 0 Å². The van der Waals surface area contributed by atoms with Crippen LogP contribution in [0.2, 0.25) is 5.02 Å². The number of nitrogens with one attached hydrogen (secondary N) is 2. The molecule has 0 radical (unpaired) electrons. The number of benzene rings is 2. The highest BCUT2D eigenvalue weighted by Crippen LogP contribution is 2.18. The van der Waals surface area contributed by atoms with E-state index in [0.717, 1.165) is 0 Å². The minimum Gasteiger partial charge on any atom is -0.336 e. The monoisotopic (exact) mass is 414 g/mol. The van der Waals surface area contributed by atoms with Crippen LogP contribution in [0.15, 0.2) is 48.5 Å². The van der Waals surface area contributed by atoms with Crippen LogP contribution in [0.4, 0.5) is 11.4 Å². The van der Waals surface area contributed by atoms with Crippen molar-refractivity contribution in [1.29, 1.82) is 0 Å². The van der Waals surface area contributed by atoms with Crippen molar-refractivity contribution in [3.8, 4) is 0 Å². The number of carbonyl (C=O) groups excluding carboxylic acids is 3. The van der Waals surface area contributed by atoms with E-state index in [2.05, 4.69) is 10.6 Å². The van der Waals surface area contributed by atoms with E-state index < -0.39 is 0 Å². The van der Waals surface area contributed by atoms with E-state index in [0.29, 0.717) is 48.1 Å². The maximum absolute atomic E-state index is 12.6. The molecule has 2 aromatic rings. The molecule has 0 spiro atoms. The summed E-state index contributed by atoms with van der Waals surface area (Å²) in [5, 5.41) is 5.97. The van der Waals surface area contributed by atoms with Gasteiger partial charge in [-0.15, -0.1) is 0 Å². The molecule has 152 valence electrons. The van der Waals surface area contributed by atoms with Crippen LogP contribution < -0.4 is 10.6 Å². The Kier molecular flexibility index (Phi) is 6.85. The van der Waals surface area contributed by atoms with Crippen molar-refractivity contribution in [1.82, 2.24) is 9.80 Å². The van der Waals surface area contributed by atoms with Gasteiger partial charge in [-0.3, -0.25) is 19.3 Å². The number of amides is 3. The normalized spacial score (nSPS) is 14.3. The van der Waals surface area contributed by atoms with Gasteiger partial charge in [0.25, 0.3) is 5.91 Å². The van der Waals surface area contributed by atoms with Crippen LogP contribution in [-0.2, 0) is 9.59 Å². The lowest BCUT2D eigenvalue weighted by Gasteiger charge is -2.34. The average Bonchev–Trinajstić information content (AvgIpc) is 2.69. The molecule has 0 aromatic heterocycles. The van der Waals surface area contributed by atoms with Crippen LogP contribution in [0.25, 0.3) is 0 Å². The highest BCUT2D eigenvalue weighted by atomic mass is 35.5. The zero-order valence-corrected chi connectivity index (χ0v) is 16.9. The Morgan fingerprint density at radius 2 is 1.48 bits per heavy atom. The van der Waals surface area contributed by atoms with Crippen LogP contribution in [0.5, 0.6) is 0 Å². The predicted molar refractivity (Wildman–Crippen MR) is 113 cm³/mol. The number of hydrogen-bond donors (Lipinski definition) is 2. The van der Waals surface area contributed by atoms with E-state index in [-0.39, 0.29) is 24.3 Å². The fourth-order valence-electron chi connectivity index (χ4n) is 3.16. The second-order valence-corrected chi connectivity index (χ2v) is 7.26. The molecular formula is C21H23ClN4O3. The molecule has 1 aliphatic rings. The Labute approximate surface area is 174 Å². The van der Waals surface area contributed by atoms with E-state index in [4.69, 9.17) is 11.6 Å². The molecule has 3 amide bonds. The molecule has 0 aliphatic carbocycles. The number of piperazine rings is 1. The second kappa shape index (κ2) is 9.54. The third-order valence-corrected chi connectivity index (χ3v) is 4.95. The molecular weight excluding hydrogens is 392 g/mol. The predicted octanol–water partition coefficient (Wildman–Crippen LogP) is 2.69. The summed E-state index contributed by atoms with van der Waals surface area (Å²) < 4.78 is 0. The van der Waals surface area contributed by atoms with E-state index in [9.17, 15) is 14.4 Å². The molecule has 0 bridgehead atoms. The van der Waals surface area contributed by atoms with Crippen molar-refractivity contribution in [3.05, 3.63) is 59.1 Å². The molecule has 2 aromatic carbocycles. The van der Waals surface area contributed by atoms with E-state index in [1.807, 2.05) is 4.90 Å². The fraction of sp³-hybridized carbons (Fsp3) is 0.286. The minimum atomic E-state index is -0.144. The maximum atomic E-state index is 12.6. The zero-order valence-electron chi connectivity index (χ0n) is 16.2. The first-order valence-corrected chi connectivity index (χ1v) is 9.74. The molecule has 7 nitrogen and oxygen atoms in total. The summed E-state index contributed by atoms with van der Waals surface area (Å²) in [4.78, 5) is 39.7. The average molecular weight is 415 g/mol. The van der Waals surface area contributed by atoms with Crippen molar-refractivity contribution in [2.24, 2.45) is 0 Å². The van der Waals surface area contributed by atoms with Crippen molar-refractivity contribution in [2.45, 2.75) is 6.92 Å². The molecule has 29 heavy (non-hydrogen) atoms. The number of hydrogen-bond acceptors (Lipinski definition) is 4. The summed E-state index contributed by atoms with van der Waals surface area (Å²) in [6.07, 6.45) is 0. The largest absolute Gasteiger partial charge is 0.336 e. The standard InChI is InChI=1S/C21H23ClN4O3/c1-15(27)23-16-6-8-17(9-7-16)24-20(28)14-25-10-12-26(13-11-25)21(29)18-4-2-3-5-19(18)22/h2-9H,10-14H2,1H3,(H,23,27)(H,24,28). The van der Waals surface area contributed by atoms with Crippen LogP contribution in [0.1, 0.15) is 17.3 Å². The molecule has 0 atom stereocenters. The minimum absolute atomic E-state index is 0.0843. The molecule has 1 aliphatic heterocycles. The van der Waals surface area contributed by atoms with Crippen molar-refractivity contribution < 1.29 is 14.4 Å². The Hall–Kier alpha value is -2.90. The highest BCUT2D eigenvalue weighted by Gasteiger charge is 2.24. The Balaban J connectivity index is 1.46. The fourth-order valence-corrected chi connectivity index (χ4v) is 3.37. The third kappa shape index (κ3) is 5.79. The molecule has 0 saturated carbocycles. The number of carbonyl (C=O) groups is 3. The number of nitrogens with zero attached hydrogens (tertiary/aromatic N) is 2. The van der Waals surface area contributed by atoms with Gasteiger partial charge in [0.15, 0.2) is 0 Å². The molecule has 1 heterocycles. The first-order chi connectivity index (χ1) is 13.9. The third-order valence-electron chi connectivity index (χ3n) is 4.62. The molecule has 2 N–H and O–H groups in total.